The SMILES string of the molecule is CC(Sc1nnnn1CC1CCCO1)c1nnc(-c2cccs2)o1. The van der Waals surface area contributed by atoms with Crippen molar-refractivity contribution in [3.05, 3.63) is 23.4 Å². The maximum absolute atomic E-state index is 5.78. The smallest absolute Gasteiger partial charge is 0.257 e. The first-order valence-corrected chi connectivity index (χ1v) is 9.47. The van der Waals surface area contributed by atoms with Gasteiger partial charge in [0.1, 0.15) is 0 Å². The van der Waals surface area contributed by atoms with Gasteiger partial charge in [-0.3, -0.25) is 0 Å². The van der Waals surface area contributed by atoms with E-state index in [0.29, 0.717) is 18.3 Å². The molecule has 0 N–H and O–H groups in total. The Hall–Kier alpha value is -1.78. The summed E-state index contributed by atoms with van der Waals surface area (Å²) in [7, 11) is 0. The number of thiophene rings is 1. The molecule has 0 radical (unpaired) electrons. The second-order valence-electron chi connectivity index (χ2n) is 5.46. The molecular formula is C14H16N6O2S2. The van der Waals surface area contributed by atoms with Crippen LogP contribution in [0.4, 0.5) is 0 Å². The number of ether oxygens (including phenoxy) is 1. The van der Waals surface area contributed by atoms with Gasteiger partial charge < -0.3 is 9.15 Å². The van der Waals surface area contributed by atoms with Crippen LogP contribution in [0.2, 0.25) is 0 Å². The Bertz CT molecular complexity index is 781. The van der Waals surface area contributed by atoms with Crippen LogP contribution in [0.3, 0.4) is 0 Å². The van der Waals surface area contributed by atoms with Gasteiger partial charge >= 0.3 is 0 Å². The number of rotatable bonds is 6. The minimum absolute atomic E-state index is 0.0412. The highest BCUT2D eigenvalue weighted by Gasteiger charge is 2.22. The highest BCUT2D eigenvalue weighted by atomic mass is 32.2. The van der Waals surface area contributed by atoms with Crippen LogP contribution in [0.25, 0.3) is 10.8 Å². The van der Waals surface area contributed by atoms with E-state index in [0.717, 1.165) is 29.5 Å². The minimum atomic E-state index is -0.0412. The summed E-state index contributed by atoms with van der Waals surface area (Å²) >= 11 is 3.08. The molecule has 0 spiro atoms. The van der Waals surface area contributed by atoms with Crippen molar-refractivity contribution in [2.45, 2.75) is 42.8 Å². The van der Waals surface area contributed by atoms with Gasteiger partial charge in [-0.2, -0.15) is 0 Å². The molecule has 0 aliphatic carbocycles. The maximum Gasteiger partial charge on any atom is 0.257 e. The lowest BCUT2D eigenvalue weighted by atomic mass is 10.2. The van der Waals surface area contributed by atoms with E-state index >= 15 is 0 Å². The molecule has 2 atom stereocenters. The van der Waals surface area contributed by atoms with Gasteiger partial charge in [-0.1, -0.05) is 17.8 Å². The lowest BCUT2D eigenvalue weighted by molar-refractivity contribution is 0.0911. The third-order valence-corrected chi connectivity index (χ3v) is 5.62. The van der Waals surface area contributed by atoms with Gasteiger partial charge in [0.25, 0.3) is 5.89 Å². The molecule has 24 heavy (non-hydrogen) atoms. The van der Waals surface area contributed by atoms with E-state index in [1.165, 1.54) is 11.8 Å². The third-order valence-electron chi connectivity index (χ3n) is 3.70. The Labute approximate surface area is 146 Å². The van der Waals surface area contributed by atoms with E-state index in [-0.39, 0.29) is 11.4 Å². The van der Waals surface area contributed by atoms with Gasteiger partial charge in [-0.25, -0.2) is 4.68 Å². The van der Waals surface area contributed by atoms with Gasteiger partial charge in [-0.15, -0.1) is 26.6 Å². The van der Waals surface area contributed by atoms with Crippen LogP contribution in [0.5, 0.6) is 0 Å². The van der Waals surface area contributed by atoms with E-state index in [2.05, 4.69) is 25.7 Å². The molecule has 1 saturated heterocycles. The highest BCUT2D eigenvalue weighted by molar-refractivity contribution is 7.99. The van der Waals surface area contributed by atoms with Crippen molar-refractivity contribution in [3.63, 3.8) is 0 Å². The van der Waals surface area contributed by atoms with E-state index < -0.39 is 0 Å². The fourth-order valence-electron chi connectivity index (χ4n) is 2.48. The molecule has 1 aliphatic rings. The summed E-state index contributed by atoms with van der Waals surface area (Å²) in [5.41, 5.74) is 0. The predicted molar refractivity (Wildman–Crippen MR) is 88.7 cm³/mol. The first-order chi connectivity index (χ1) is 11.8. The van der Waals surface area contributed by atoms with Gasteiger partial charge in [0, 0.05) is 6.61 Å². The molecule has 0 aromatic carbocycles. The van der Waals surface area contributed by atoms with Gasteiger partial charge in [0.05, 0.1) is 22.8 Å². The Morgan fingerprint density at radius 3 is 3.17 bits per heavy atom. The molecule has 126 valence electrons. The fourth-order valence-corrected chi connectivity index (χ4v) is 3.96. The lowest BCUT2D eigenvalue weighted by Crippen LogP contribution is -2.17. The zero-order valence-electron chi connectivity index (χ0n) is 13.0. The number of hydrogen-bond acceptors (Lipinski definition) is 9. The minimum Gasteiger partial charge on any atom is -0.419 e. The molecule has 10 heteroatoms. The van der Waals surface area contributed by atoms with E-state index in [9.17, 15) is 0 Å². The largest absolute Gasteiger partial charge is 0.419 e. The molecule has 0 amide bonds. The summed E-state index contributed by atoms with van der Waals surface area (Å²) in [4.78, 5) is 0.967. The molecule has 3 aromatic heterocycles. The van der Waals surface area contributed by atoms with Crippen molar-refractivity contribution >= 4 is 23.1 Å². The molecule has 3 aromatic rings. The molecule has 8 nitrogen and oxygen atoms in total. The maximum atomic E-state index is 5.78. The van der Waals surface area contributed by atoms with Crippen LogP contribution in [0.1, 0.15) is 30.9 Å². The molecule has 4 heterocycles. The molecule has 2 unspecified atom stereocenters. The Kier molecular flexibility index (Phi) is 4.58. The van der Waals surface area contributed by atoms with Crippen LogP contribution in [-0.4, -0.2) is 43.1 Å². The number of hydrogen-bond donors (Lipinski definition) is 0. The van der Waals surface area contributed by atoms with Crippen LogP contribution in [-0.2, 0) is 11.3 Å². The van der Waals surface area contributed by atoms with Gasteiger partial charge in [-0.05, 0) is 41.6 Å². The molecule has 4 rings (SSSR count). The first kappa shape index (κ1) is 15.7. The monoisotopic (exact) mass is 364 g/mol. The highest BCUT2D eigenvalue weighted by Crippen LogP contribution is 2.34. The van der Waals surface area contributed by atoms with Crippen molar-refractivity contribution < 1.29 is 9.15 Å². The van der Waals surface area contributed by atoms with Crippen molar-refractivity contribution in [1.29, 1.82) is 0 Å². The number of tetrazole rings is 1. The lowest BCUT2D eigenvalue weighted by Gasteiger charge is -2.11. The van der Waals surface area contributed by atoms with Crippen molar-refractivity contribution in [2.75, 3.05) is 6.61 Å². The first-order valence-electron chi connectivity index (χ1n) is 7.71. The summed E-state index contributed by atoms with van der Waals surface area (Å²) < 4.78 is 13.2. The fraction of sp³-hybridized carbons (Fsp3) is 0.500. The predicted octanol–water partition coefficient (Wildman–Crippen LogP) is 2.82. The quantitative estimate of drug-likeness (QED) is 0.617. The molecule has 0 saturated carbocycles. The zero-order chi connectivity index (χ0) is 16.4. The normalized spacial score (nSPS) is 19.0. The number of nitrogens with zero attached hydrogens (tertiary/aromatic N) is 6. The summed E-state index contributed by atoms with van der Waals surface area (Å²) in [5.74, 6) is 1.11. The van der Waals surface area contributed by atoms with Crippen LogP contribution in [0, 0.1) is 0 Å². The summed E-state index contributed by atoms with van der Waals surface area (Å²) in [6.45, 7) is 3.49. The Morgan fingerprint density at radius 2 is 2.38 bits per heavy atom. The Morgan fingerprint density at radius 1 is 1.42 bits per heavy atom. The third kappa shape index (κ3) is 3.35. The average Bonchev–Trinajstić information content (AvgIpc) is 3.37. The summed E-state index contributed by atoms with van der Waals surface area (Å²) in [5, 5.41) is 22.9. The van der Waals surface area contributed by atoms with E-state index in [1.54, 1.807) is 16.0 Å². The van der Waals surface area contributed by atoms with Crippen LogP contribution >= 0.6 is 23.1 Å². The molecule has 1 aliphatic heterocycles. The Balaban J connectivity index is 1.44. The summed E-state index contributed by atoms with van der Waals surface area (Å²) in [6, 6.07) is 3.92. The van der Waals surface area contributed by atoms with E-state index in [1.807, 2.05) is 24.4 Å². The molecule has 1 fully saturated rings. The van der Waals surface area contributed by atoms with Gasteiger partial charge in [0.15, 0.2) is 0 Å². The van der Waals surface area contributed by atoms with Crippen LogP contribution < -0.4 is 0 Å². The van der Waals surface area contributed by atoms with Crippen molar-refractivity contribution in [1.82, 2.24) is 30.4 Å². The van der Waals surface area contributed by atoms with Crippen molar-refractivity contribution in [3.8, 4) is 10.8 Å². The second-order valence-corrected chi connectivity index (χ2v) is 7.72. The molecule has 0 bridgehead atoms. The zero-order valence-corrected chi connectivity index (χ0v) is 14.7. The van der Waals surface area contributed by atoms with Crippen molar-refractivity contribution in [2.24, 2.45) is 0 Å². The summed E-state index contributed by atoms with van der Waals surface area (Å²) in [6.07, 6.45) is 2.34. The van der Waals surface area contributed by atoms with Crippen LogP contribution in [0.15, 0.2) is 27.1 Å². The standard InChI is InChI=1S/C14H16N6O2S2/c1-9(12-15-16-13(22-12)11-5-3-7-23-11)24-14-17-18-19-20(14)8-10-4-2-6-21-10/h3,5,7,9-10H,2,4,6,8H2,1H3. The average molecular weight is 364 g/mol. The van der Waals surface area contributed by atoms with E-state index in [4.69, 9.17) is 9.15 Å². The van der Waals surface area contributed by atoms with Gasteiger partial charge in [0.2, 0.25) is 11.0 Å². The topological polar surface area (TPSA) is 91.8 Å². The molecular weight excluding hydrogens is 348 g/mol. The second kappa shape index (κ2) is 6.99. The number of aromatic nitrogens is 6. The number of thioether (sulfide) groups is 1.